The molecule has 1 aromatic carbocycles. The molecule has 2 N–H and O–H groups in total. The molecular formula is C11H13FN4O. The monoisotopic (exact) mass is 236 g/mol. The van der Waals surface area contributed by atoms with E-state index < -0.39 is 5.82 Å². The minimum Gasteiger partial charge on any atom is -0.396 e. The molecule has 0 aliphatic carbocycles. The summed E-state index contributed by atoms with van der Waals surface area (Å²) >= 11 is 0. The molecule has 5 nitrogen and oxygen atoms in total. The van der Waals surface area contributed by atoms with Gasteiger partial charge in [-0.3, -0.25) is 0 Å². The lowest BCUT2D eigenvalue weighted by atomic mass is 10.2. The van der Waals surface area contributed by atoms with E-state index in [1.807, 2.05) is 19.0 Å². The molecule has 2 aromatic rings. The van der Waals surface area contributed by atoms with Crippen LogP contribution in [0.25, 0.3) is 11.5 Å². The van der Waals surface area contributed by atoms with Gasteiger partial charge in [0.15, 0.2) is 5.82 Å². The Morgan fingerprint density at radius 1 is 1.41 bits per heavy atom. The van der Waals surface area contributed by atoms with Gasteiger partial charge in [-0.05, 0) is 32.3 Å². The molecule has 90 valence electrons. The van der Waals surface area contributed by atoms with Crippen molar-refractivity contribution in [2.75, 3.05) is 19.8 Å². The van der Waals surface area contributed by atoms with Crippen molar-refractivity contribution in [1.82, 2.24) is 15.0 Å². The fraction of sp³-hybridized carbons (Fsp3) is 0.273. The number of nitrogens with zero attached hydrogens (tertiary/aromatic N) is 3. The number of halogens is 1. The van der Waals surface area contributed by atoms with Gasteiger partial charge in [0.05, 0.1) is 12.2 Å². The van der Waals surface area contributed by atoms with Crippen LogP contribution >= 0.6 is 0 Å². The summed E-state index contributed by atoms with van der Waals surface area (Å²) in [6.07, 6.45) is 0. The number of hydrogen-bond donors (Lipinski definition) is 1. The van der Waals surface area contributed by atoms with Gasteiger partial charge >= 0.3 is 0 Å². The van der Waals surface area contributed by atoms with Crippen LogP contribution in [0.2, 0.25) is 0 Å². The SMILES string of the molecule is CN(C)Cc1noc(-c2ccc(N)c(F)c2)n1. The van der Waals surface area contributed by atoms with E-state index in [0.717, 1.165) is 0 Å². The van der Waals surface area contributed by atoms with Crippen molar-refractivity contribution < 1.29 is 8.91 Å². The van der Waals surface area contributed by atoms with E-state index in [4.69, 9.17) is 10.3 Å². The van der Waals surface area contributed by atoms with Gasteiger partial charge < -0.3 is 15.2 Å². The van der Waals surface area contributed by atoms with Crippen LogP contribution in [0.3, 0.4) is 0 Å². The average molecular weight is 236 g/mol. The highest BCUT2D eigenvalue weighted by Crippen LogP contribution is 2.21. The molecule has 0 saturated heterocycles. The van der Waals surface area contributed by atoms with Gasteiger partial charge in [0.1, 0.15) is 5.82 Å². The Morgan fingerprint density at radius 3 is 2.82 bits per heavy atom. The Bertz CT molecular complexity index is 524. The molecule has 0 radical (unpaired) electrons. The van der Waals surface area contributed by atoms with Gasteiger partial charge in [-0.1, -0.05) is 5.16 Å². The fourth-order valence-corrected chi connectivity index (χ4v) is 1.38. The van der Waals surface area contributed by atoms with Gasteiger partial charge in [-0.2, -0.15) is 4.98 Å². The van der Waals surface area contributed by atoms with E-state index in [-0.39, 0.29) is 5.69 Å². The molecule has 0 atom stereocenters. The van der Waals surface area contributed by atoms with Crippen LogP contribution in [0.1, 0.15) is 5.82 Å². The lowest BCUT2D eigenvalue weighted by Crippen LogP contribution is -2.11. The van der Waals surface area contributed by atoms with Crippen LogP contribution < -0.4 is 5.73 Å². The first-order valence-corrected chi connectivity index (χ1v) is 5.09. The molecule has 0 fully saturated rings. The van der Waals surface area contributed by atoms with Crippen molar-refractivity contribution in [3.05, 3.63) is 29.8 Å². The minimum atomic E-state index is -0.491. The van der Waals surface area contributed by atoms with Crippen molar-refractivity contribution in [3.8, 4) is 11.5 Å². The quantitative estimate of drug-likeness (QED) is 0.818. The molecule has 0 aliphatic rings. The van der Waals surface area contributed by atoms with E-state index in [0.29, 0.717) is 23.8 Å². The average Bonchev–Trinajstić information content (AvgIpc) is 2.69. The molecule has 0 saturated carbocycles. The highest BCUT2D eigenvalue weighted by Gasteiger charge is 2.11. The molecule has 0 aliphatic heterocycles. The molecule has 1 heterocycles. The molecule has 17 heavy (non-hydrogen) atoms. The Kier molecular flexibility index (Phi) is 3.06. The number of aromatic nitrogens is 2. The standard InChI is InChI=1S/C11H13FN4O/c1-16(2)6-10-14-11(17-15-10)7-3-4-9(13)8(12)5-7/h3-5H,6,13H2,1-2H3. The van der Waals surface area contributed by atoms with E-state index >= 15 is 0 Å². The second kappa shape index (κ2) is 4.50. The van der Waals surface area contributed by atoms with Crippen LogP contribution in [-0.4, -0.2) is 29.1 Å². The van der Waals surface area contributed by atoms with Crippen molar-refractivity contribution in [2.45, 2.75) is 6.54 Å². The predicted octanol–water partition coefficient (Wildman–Crippen LogP) is 1.52. The molecule has 0 unspecified atom stereocenters. The summed E-state index contributed by atoms with van der Waals surface area (Å²) in [6, 6.07) is 4.40. The summed E-state index contributed by atoms with van der Waals surface area (Å²) in [7, 11) is 3.80. The summed E-state index contributed by atoms with van der Waals surface area (Å²) in [5.41, 5.74) is 6.01. The molecule has 2 rings (SSSR count). The molecule has 0 spiro atoms. The summed E-state index contributed by atoms with van der Waals surface area (Å²) in [4.78, 5) is 6.08. The van der Waals surface area contributed by atoms with Crippen LogP contribution in [0, 0.1) is 5.82 Å². The lowest BCUT2D eigenvalue weighted by molar-refractivity contribution is 0.365. The third-order valence-electron chi connectivity index (χ3n) is 2.17. The molecule has 0 amide bonds. The Labute approximate surface area is 98.0 Å². The summed E-state index contributed by atoms with van der Waals surface area (Å²) < 4.78 is 18.3. The van der Waals surface area contributed by atoms with Crippen LogP contribution in [-0.2, 0) is 6.54 Å². The highest BCUT2D eigenvalue weighted by molar-refractivity contribution is 5.57. The highest BCUT2D eigenvalue weighted by atomic mass is 19.1. The third kappa shape index (κ3) is 2.59. The molecule has 1 aromatic heterocycles. The van der Waals surface area contributed by atoms with Crippen molar-refractivity contribution in [1.29, 1.82) is 0 Å². The number of nitrogens with two attached hydrogens (primary N) is 1. The lowest BCUT2D eigenvalue weighted by Gasteiger charge is -2.03. The minimum absolute atomic E-state index is 0.0989. The second-order valence-electron chi connectivity index (χ2n) is 3.99. The van der Waals surface area contributed by atoms with E-state index in [1.165, 1.54) is 12.1 Å². The first-order chi connectivity index (χ1) is 8.06. The van der Waals surface area contributed by atoms with Gasteiger partial charge in [0.25, 0.3) is 5.89 Å². The second-order valence-corrected chi connectivity index (χ2v) is 3.99. The van der Waals surface area contributed by atoms with Gasteiger partial charge in [0.2, 0.25) is 0 Å². The topological polar surface area (TPSA) is 68.2 Å². The van der Waals surface area contributed by atoms with Crippen LogP contribution in [0.15, 0.2) is 22.7 Å². The fourth-order valence-electron chi connectivity index (χ4n) is 1.38. The molecule has 6 heteroatoms. The van der Waals surface area contributed by atoms with E-state index in [1.54, 1.807) is 6.07 Å². The number of anilines is 1. The molecule has 0 bridgehead atoms. The number of nitrogen functional groups attached to an aromatic ring is 1. The maximum absolute atomic E-state index is 13.3. The summed E-state index contributed by atoms with van der Waals surface area (Å²) in [6.45, 7) is 0.570. The Morgan fingerprint density at radius 2 is 2.18 bits per heavy atom. The smallest absolute Gasteiger partial charge is 0.258 e. The van der Waals surface area contributed by atoms with Gasteiger partial charge in [-0.15, -0.1) is 0 Å². The van der Waals surface area contributed by atoms with E-state index in [9.17, 15) is 4.39 Å². The summed E-state index contributed by atoms with van der Waals surface area (Å²) in [5.74, 6) is 0.359. The van der Waals surface area contributed by atoms with Gasteiger partial charge in [-0.25, -0.2) is 4.39 Å². The van der Waals surface area contributed by atoms with Crippen molar-refractivity contribution >= 4 is 5.69 Å². The molecular weight excluding hydrogens is 223 g/mol. The maximum Gasteiger partial charge on any atom is 0.258 e. The normalized spacial score (nSPS) is 11.1. The van der Waals surface area contributed by atoms with Gasteiger partial charge in [0, 0.05) is 5.56 Å². The maximum atomic E-state index is 13.3. The number of benzene rings is 1. The van der Waals surface area contributed by atoms with Crippen LogP contribution in [0.5, 0.6) is 0 Å². The number of hydrogen-bond acceptors (Lipinski definition) is 5. The zero-order valence-corrected chi connectivity index (χ0v) is 9.64. The van der Waals surface area contributed by atoms with E-state index in [2.05, 4.69) is 10.1 Å². The Hall–Kier alpha value is -1.95. The third-order valence-corrected chi connectivity index (χ3v) is 2.17. The number of rotatable bonds is 3. The van der Waals surface area contributed by atoms with Crippen LogP contribution in [0.4, 0.5) is 10.1 Å². The predicted molar refractivity (Wildman–Crippen MR) is 61.5 cm³/mol. The first kappa shape index (κ1) is 11.5. The largest absolute Gasteiger partial charge is 0.396 e. The zero-order valence-electron chi connectivity index (χ0n) is 9.64. The Balaban J connectivity index is 2.27. The van der Waals surface area contributed by atoms with Crippen molar-refractivity contribution in [2.24, 2.45) is 0 Å². The first-order valence-electron chi connectivity index (χ1n) is 5.09. The zero-order chi connectivity index (χ0) is 12.4. The summed E-state index contributed by atoms with van der Waals surface area (Å²) in [5, 5.41) is 3.80. The van der Waals surface area contributed by atoms with Crippen molar-refractivity contribution in [3.63, 3.8) is 0 Å².